The molecule has 2 aromatic rings. The van der Waals surface area contributed by atoms with Crippen LogP contribution in [0.5, 0.6) is 11.5 Å². The molecule has 1 N–H and O–H groups in total. The van der Waals surface area contributed by atoms with Gasteiger partial charge in [0.1, 0.15) is 0 Å². The van der Waals surface area contributed by atoms with Crippen LogP contribution in [0.25, 0.3) is 11.1 Å². The predicted octanol–water partition coefficient (Wildman–Crippen LogP) is 2.74. The first-order valence-electron chi connectivity index (χ1n) is 8.52. The SMILES string of the molecule is COc1cccc(-c2ccc(C(O)CN3CCOCC3)cc2)c1OC. The van der Waals surface area contributed by atoms with Crippen LogP contribution < -0.4 is 9.47 Å². The summed E-state index contributed by atoms with van der Waals surface area (Å²) in [4.78, 5) is 2.23. The van der Waals surface area contributed by atoms with Gasteiger partial charge in [0.15, 0.2) is 11.5 Å². The van der Waals surface area contributed by atoms with Crippen molar-refractivity contribution >= 4 is 0 Å². The molecule has 0 aromatic heterocycles. The van der Waals surface area contributed by atoms with E-state index in [2.05, 4.69) is 4.90 Å². The molecule has 0 spiro atoms. The van der Waals surface area contributed by atoms with Crippen molar-refractivity contribution in [2.24, 2.45) is 0 Å². The number of para-hydroxylation sites is 1. The number of ether oxygens (including phenoxy) is 3. The molecule has 0 amide bonds. The van der Waals surface area contributed by atoms with Crippen LogP contribution in [0, 0.1) is 0 Å². The van der Waals surface area contributed by atoms with E-state index in [1.165, 1.54) is 0 Å². The molecule has 1 atom stereocenters. The molecule has 0 aliphatic carbocycles. The molecular weight excluding hydrogens is 318 g/mol. The lowest BCUT2D eigenvalue weighted by Crippen LogP contribution is -2.38. The van der Waals surface area contributed by atoms with E-state index >= 15 is 0 Å². The van der Waals surface area contributed by atoms with E-state index in [-0.39, 0.29) is 0 Å². The summed E-state index contributed by atoms with van der Waals surface area (Å²) in [6.45, 7) is 3.85. The van der Waals surface area contributed by atoms with Crippen molar-refractivity contribution < 1.29 is 19.3 Å². The molecule has 5 nitrogen and oxygen atoms in total. The van der Waals surface area contributed by atoms with E-state index in [9.17, 15) is 5.11 Å². The summed E-state index contributed by atoms with van der Waals surface area (Å²) in [5, 5.41) is 10.5. The number of hydrogen-bond donors (Lipinski definition) is 1. The van der Waals surface area contributed by atoms with E-state index in [1.807, 2.05) is 42.5 Å². The Labute approximate surface area is 148 Å². The smallest absolute Gasteiger partial charge is 0.168 e. The fourth-order valence-corrected chi connectivity index (χ4v) is 3.13. The maximum absolute atomic E-state index is 10.5. The average Bonchev–Trinajstić information content (AvgIpc) is 2.68. The highest BCUT2D eigenvalue weighted by Gasteiger charge is 2.17. The molecule has 0 saturated carbocycles. The number of aliphatic hydroxyl groups excluding tert-OH is 1. The van der Waals surface area contributed by atoms with Crippen LogP contribution in [-0.2, 0) is 4.74 Å². The Bertz CT molecular complexity index is 681. The minimum absolute atomic E-state index is 0.501. The third-order valence-electron chi connectivity index (χ3n) is 4.54. The number of benzene rings is 2. The van der Waals surface area contributed by atoms with Crippen molar-refractivity contribution in [2.45, 2.75) is 6.10 Å². The number of rotatable bonds is 6. The van der Waals surface area contributed by atoms with Gasteiger partial charge in [-0.3, -0.25) is 4.90 Å². The van der Waals surface area contributed by atoms with E-state index in [4.69, 9.17) is 14.2 Å². The Morgan fingerprint density at radius 1 is 1.04 bits per heavy atom. The highest BCUT2D eigenvalue weighted by molar-refractivity contribution is 5.74. The largest absolute Gasteiger partial charge is 0.493 e. The standard InChI is InChI=1S/C20H25NO4/c1-23-19-5-3-4-17(20(19)24-2)15-6-8-16(9-7-15)18(22)14-21-10-12-25-13-11-21/h3-9,18,22H,10-14H2,1-2H3. The second-order valence-electron chi connectivity index (χ2n) is 6.09. The van der Waals surface area contributed by atoms with Crippen LogP contribution >= 0.6 is 0 Å². The fraction of sp³-hybridized carbons (Fsp3) is 0.400. The summed E-state index contributed by atoms with van der Waals surface area (Å²) in [6.07, 6.45) is -0.501. The van der Waals surface area contributed by atoms with Gasteiger partial charge in [-0.25, -0.2) is 0 Å². The zero-order chi connectivity index (χ0) is 17.6. The lowest BCUT2D eigenvalue weighted by molar-refractivity contribution is 0.0143. The van der Waals surface area contributed by atoms with E-state index < -0.39 is 6.10 Å². The van der Waals surface area contributed by atoms with Crippen LogP contribution in [-0.4, -0.2) is 57.1 Å². The molecule has 1 unspecified atom stereocenters. The Balaban J connectivity index is 1.76. The first-order valence-corrected chi connectivity index (χ1v) is 8.52. The Hall–Kier alpha value is -2.08. The topological polar surface area (TPSA) is 51.2 Å². The maximum atomic E-state index is 10.5. The summed E-state index contributed by atoms with van der Waals surface area (Å²) in [7, 11) is 3.27. The highest BCUT2D eigenvalue weighted by Crippen LogP contribution is 2.38. The van der Waals surface area contributed by atoms with Gasteiger partial charge in [-0.2, -0.15) is 0 Å². The minimum atomic E-state index is -0.501. The molecule has 0 radical (unpaired) electrons. The van der Waals surface area contributed by atoms with Gasteiger partial charge >= 0.3 is 0 Å². The Kier molecular flexibility index (Phi) is 5.91. The van der Waals surface area contributed by atoms with Crippen LogP contribution in [0.3, 0.4) is 0 Å². The zero-order valence-electron chi connectivity index (χ0n) is 14.8. The monoisotopic (exact) mass is 343 g/mol. The number of aliphatic hydroxyl groups is 1. The maximum Gasteiger partial charge on any atom is 0.168 e. The van der Waals surface area contributed by atoms with Gasteiger partial charge in [0.25, 0.3) is 0 Å². The number of β-amino-alcohol motifs (C(OH)–C–C–N with tert-alkyl or cyclic N) is 1. The van der Waals surface area contributed by atoms with Crippen molar-refractivity contribution in [3.05, 3.63) is 48.0 Å². The second-order valence-corrected chi connectivity index (χ2v) is 6.09. The summed E-state index contributed by atoms with van der Waals surface area (Å²) >= 11 is 0. The quantitative estimate of drug-likeness (QED) is 0.874. The van der Waals surface area contributed by atoms with E-state index in [0.29, 0.717) is 18.0 Å². The third-order valence-corrected chi connectivity index (χ3v) is 4.54. The Morgan fingerprint density at radius 2 is 1.76 bits per heavy atom. The molecule has 1 saturated heterocycles. The molecule has 5 heteroatoms. The van der Waals surface area contributed by atoms with Crippen LogP contribution in [0.2, 0.25) is 0 Å². The second kappa shape index (κ2) is 8.34. The van der Waals surface area contributed by atoms with Gasteiger partial charge in [0.2, 0.25) is 0 Å². The fourth-order valence-electron chi connectivity index (χ4n) is 3.13. The van der Waals surface area contributed by atoms with Gasteiger partial charge in [0.05, 0.1) is 33.5 Å². The normalized spacial score (nSPS) is 16.4. The van der Waals surface area contributed by atoms with Crippen molar-refractivity contribution in [3.63, 3.8) is 0 Å². The summed E-state index contributed by atoms with van der Waals surface area (Å²) in [5.41, 5.74) is 2.91. The first kappa shape index (κ1) is 17.7. The van der Waals surface area contributed by atoms with Gasteiger partial charge in [-0.15, -0.1) is 0 Å². The van der Waals surface area contributed by atoms with Crippen molar-refractivity contribution in [1.29, 1.82) is 0 Å². The number of hydrogen-bond acceptors (Lipinski definition) is 5. The van der Waals surface area contributed by atoms with Gasteiger partial charge < -0.3 is 19.3 Å². The minimum Gasteiger partial charge on any atom is -0.493 e. The lowest BCUT2D eigenvalue weighted by atomic mass is 10.0. The van der Waals surface area contributed by atoms with Crippen molar-refractivity contribution in [1.82, 2.24) is 4.90 Å². The molecule has 1 fully saturated rings. The molecule has 1 heterocycles. The molecule has 2 aromatic carbocycles. The van der Waals surface area contributed by atoms with Crippen LogP contribution in [0.1, 0.15) is 11.7 Å². The molecule has 25 heavy (non-hydrogen) atoms. The molecule has 1 aliphatic heterocycles. The average molecular weight is 343 g/mol. The zero-order valence-corrected chi connectivity index (χ0v) is 14.8. The van der Waals surface area contributed by atoms with Crippen LogP contribution in [0.4, 0.5) is 0 Å². The van der Waals surface area contributed by atoms with Gasteiger partial charge in [0, 0.05) is 25.2 Å². The van der Waals surface area contributed by atoms with Crippen molar-refractivity contribution in [3.8, 4) is 22.6 Å². The summed E-state index contributed by atoms with van der Waals surface area (Å²) in [6, 6.07) is 13.8. The van der Waals surface area contributed by atoms with E-state index in [1.54, 1.807) is 14.2 Å². The number of nitrogens with zero attached hydrogens (tertiary/aromatic N) is 1. The number of methoxy groups -OCH3 is 2. The van der Waals surface area contributed by atoms with Crippen molar-refractivity contribution in [2.75, 3.05) is 47.1 Å². The van der Waals surface area contributed by atoms with Gasteiger partial charge in [-0.05, 0) is 17.2 Å². The Morgan fingerprint density at radius 3 is 2.40 bits per heavy atom. The highest BCUT2D eigenvalue weighted by atomic mass is 16.5. The molecule has 3 rings (SSSR count). The van der Waals surface area contributed by atoms with Crippen LogP contribution in [0.15, 0.2) is 42.5 Å². The molecular formula is C20H25NO4. The molecule has 134 valence electrons. The first-order chi connectivity index (χ1) is 12.2. The third kappa shape index (κ3) is 4.12. The van der Waals surface area contributed by atoms with E-state index in [0.717, 1.165) is 43.0 Å². The molecule has 1 aliphatic rings. The number of morpholine rings is 1. The molecule has 0 bridgehead atoms. The summed E-state index contributed by atoms with van der Waals surface area (Å²) in [5.74, 6) is 1.42. The lowest BCUT2D eigenvalue weighted by Gasteiger charge is -2.28. The predicted molar refractivity (Wildman–Crippen MR) is 97.2 cm³/mol. The van der Waals surface area contributed by atoms with Gasteiger partial charge in [-0.1, -0.05) is 36.4 Å². The summed E-state index contributed by atoms with van der Waals surface area (Å²) < 4.78 is 16.2.